The minimum atomic E-state index is 0.502. The molecule has 0 radical (unpaired) electrons. The van der Waals surface area contributed by atoms with Gasteiger partial charge in [-0.2, -0.15) is 0 Å². The maximum absolute atomic E-state index is 6.20. The first-order valence-corrected chi connectivity index (χ1v) is 9.98. The molecule has 0 unspecified atom stereocenters. The third-order valence-corrected chi connectivity index (χ3v) is 4.52. The molecule has 0 amide bonds. The number of aliphatic imine (C=N–C) groups is 1. The fourth-order valence-electron chi connectivity index (χ4n) is 2.82. The summed E-state index contributed by atoms with van der Waals surface area (Å²) < 4.78 is 17.5. The maximum atomic E-state index is 6.20. The van der Waals surface area contributed by atoms with Crippen LogP contribution in [0.15, 0.2) is 89.6 Å². The van der Waals surface area contributed by atoms with Crippen LogP contribution >= 0.6 is 0 Å². The Labute approximate surface area is 178 Å². The molecular formula is C26H27NO3. The fraction of sp³-hybridized carbons (Fsp3) is 0.192. The summed E-state index contributed by atoms with van der Waals surface area (Å²) in [6.07, 6.45) is 2.37. The van der Waals surface area contributed by atoms with E-state index < -0.39 is 0 Å². The first-order chi connectivity index (χ1) is 14.6. The molecule has 30 heavy (non-hydrogen) atoms. The Morgan fingerprint density at radius 2 is 1.60 bits per heavy atom. The highest BCUT2D eigenvalue weighted by molar-refractivity contribution is 5.96. The number of methoxy groups -OCH3 is 1. The highest BCUT2D eigenvalue weighted by atomic mass is 16.5. The molecule has 0 fully saturated rings. The molecule has 154 valence electrons. The lowest BCUT2D eigenvalue weighted by Gasteiger charge is -2.13. The molecule has 0 saturated heterocycles. The van der Waals surface area contributed by atoms with Crippen molar-refractivity contribution in [3.05, 3.63) is 95.8 Å². The summed E-state index contributed by atoms with van der Waals surface area (Å²) in [7, 11) is 1.62. The fourth-order valence-corrected chi connectivity index (χ4v) is 2.82. The molecule has 0 aromatic heterocycles. The van der Waals surface area contributed by atoms with E-state index in [1.165, 1.54) is 5.56 Å². The second kappa shape index (κ2) is 10.3. The second-order valence-corrected chi connectivity index (χ2v) is 6.94. The largest absolute Gasteiger partial charge is 0.493 e. The maximum Gasteiger partial charge on any atom is 0.226 e. The number of para-hydroxylation sites is 2. The van der Waals surface area contributed by atoms with Gasteiger partial charge in [0.1, 0.15) is 5.75 Å². The first-order valence-electron chi connectivity index (χ1n) is 9.98. The normalized spacial score (nSPS) is 11.9. The van der Waals surface area contributed by atoms with Crippen molar-refractivity contribution in [1.29, 1.82) is 0 Å². The van der Waals surface area contributed by atoms with Crippen LogP contribution in [0.1, 0.15) is 24.5 Å². The van der Waals surface area contributed by atoms with Crippen LogP contribution in [0.25, 0.3) is 0 Å². The summed E-state index contributed by atoms with van der Waals surface area (Å²) in [5.74, 6) is 2.54. The first kappa shape index (κ1) is 21.2. The Bertz CT molecular complexity index is 1040. The topological polar surface area (TPSA) is 40.0 Å². The quantitative estimate of drug-likeness (QED) is 0.248. The third-order valence-electron chi connectivity index (χ3n) is 4.52. The van der Waals surface area contributed by atoms with Gasteiger partial charge in [-0.05, 0) is 62.2 Å². The Morgan fingerprint density at radius 1 is 0.867 bits per heavy atom. The van der Waals surface area contributed by atoms with Gasteiger partial charge in [-0.15, -0.1) is 0 Å². The zero-order valence-electron chi connectivity index (χ0n) is 17.9. The zero-order chi connectivity index (χ0) is 21.3. The summed E-state index contributed by atoms with van der Waals surface area (Å²) in [4.78, 5) is 4.77. The van der Waals surface area contributed by atoms with E-state index in [9.17, 15) is 0 Å². The van der Waals surface area contributed by atoms with Crippen LogP contribution in [-0.4, -0.2) is 13.0 Å². The molecule has 0 spiro atoms. The number of ether oxygens (including phenoxy) is 3. The lowest BCUT2D eigenvalue weighted by Crippen LogP contribution is -2.12. The lowest BCUT2D eigenvalue weighted by molar-refractivity contribution is 0.376. The highest BCUT2D eigenvalue weighted by Gasteiger charge is 2.12. The predicted octanol–water partition coefficient (Wildman–Crippen LogP) is 6.79. The lowest BCUT2D eigenvalue weighted by atomic mass is 10.2. The van der Waals surface area contributed by atoms with Gasteiger partial charge in [0.25, 0.3) is 0 Å². The molecule has 0 aliphatic heterocycles. The van der Waals surface area contributed by atoms with Crippen LogP contribution in [0.4, 0.5) is 5.69 Å². The number of benzene rings is 3. The van der Waals surface area contributed by atoms with Gasteiger partial charge in [0.05, 0.1) is 19.1 Å². The molecule has 0 heterocycles. The monoisotopic (exact) mass is 401 g/mol. The molecule has 3 rings (SSSR count). The van der Waals surface area contributed by atoms with Crippen molar-refractivity contribution in [2.75, 3.05) is 7.11 Å². The van der Waals surface area contributed by atoms with Crippen molar-refractivity contribution in [1.82, 2.24) is 0 Å². The summed E-state index contributed by atoms with van der Waals surface area (Å²) in [6.45, 7) is 6.13. The van der Waals surface area contributed by atoms with E-state index in [1.54, 1.807) is 13.4 Å². The van der Waals surface area contributed by atoms with Crippen LogP contribution in [0.3, 0.4) is 0 Å². The minimum absolute atomic E-state index is 0.502. The number of nitrogens with zero attached hydrogens (tertiary/aromatic N) is 1. The number of rotatable bonds is 7. The molecule has 4 heteroatoms. The van der Waals surface area contributed by atoms with E-state index >= 15 is 0 Å². The van der Waals surface area contributed by atoms with E-state index in [-0.39, 0.29) is 0 Å². The van der Waals surface area contributed by atoms with Crippen molar-refractivity contribution < 1.29 is 14.2 Å². The van der Waals surface area contributed by atoms with Gasteiger partial charge in [0.15, 0.2) is 11.5 Å². The van der Waals surface area contributed by atoms with Crippen molar-refractivity contribution in [3.63, 3.8) is 0 Å². The average Bonchev–Trinajstić information content (AvgIpc) is 2.76. The van der Waals surface area contributed by atoms with E-state index in [0.717, 1.165) is 22.6 Å². The van der Waals surface area contributed by atoms with Crippen LogP contribution in [0.5, 0.6) is 17.2 Å². The van der Waals surface area contributed by atoms with Gasteiger partial charge < -0.3 is 14.2 Å². The summed E-state index contributed by atoms with van der Waals surface area (Å²) in [6, 6.07) is 23.5. The van der Waals surface area contributed by atoms with Gasteiger partial charge in [-0.3, -0.25) is 0 Å². The van der Waals surface area contributed by atoms with E-state index in [0.29, 0.717) is 23.8 Å². The van der Waals surface area contributed by atoms with Gasteiger partial charge in [-0.25, -0.2) is 4.99 Å². The van der Waals surface area contributed by atoms with Crippen molar-refractivity contribution in [2.24, 2.45) is 4.99 Å². The smallest absolute Gasteiger partial charge is 0.226 e. The molecule has 4 nitrogen and oxygen atoms in total. The van der Waals surface area contributed by atoms with Crippen LogP contribution in [-0.2, 0) is 0 Å². The number of hydrogen-bond acceptors (Lipinski definition) is 4. The SMILES string of the molecule is CCC(=COc1ccccc1OC)C(=Nc1ccc(C)cc1)Oc1cccc(C)c1. The number of aryl methyl sites for hydroxylation is 2. The Balaban J connectivity index is 1.96. The Morgan fingerprint density at radius 3 is 2.27 bits per heavy atom. The molecule has 0 aliphatic rings. The van der Waals surface area contributed by atoms with E-state index in [4.69, 9.17) is 19.2 Å². The number of hydrogen-bond donors (Lipinski definition) is 0. The van der Waals surface area contributed by atoms with Crippen LogP contribution in [0.2, 0.25) is 0 Å². The van der Waals surface area contributed by atoms with Gasteiger partial charge in [0, 0.05) is 5.57 Å². The molecule has 0 aliphatic carbocycles. The van der Waals surface area contributed by atoms with E-state index in [2.05, 4.69) is 6.92 Å². The summed E-state index contributed by atoms with van der Waals surface area (Å²) in [5.41, 5.74) is 3.96. The van der Waals surface area contributed by atoms with Crippen molar-refractivity contribution in [2.45, 2.75) is 27.2 Å². The van der Waals surface area contributed by atoms with Gasteiger partial charge in [0.2, 0.25) is 5.90 Å². The average molecular weight is 402 g/mol. The third kappa shape index (κ3) is 5.74. The second-order valence-electron chi connectivity index (χ2n) is 6.94. The van der Waals surface area contributed by atoms with E-state index in [1.807, 2.05) is 86.6 Å². The Kier molecular flexibility index (Phi) is 7.28. The molecule has 3 aromatic rings. The van der Waals surface area contributed by atoms with Gasteiger partial charge >= 0.3 is 0 Å². The summed E-state index contributed by atoms with van der Waals surface area (Å²) in [5, 5.41) is 0. The zero-order valence-corrected chi connectivity index (χ0v) is 17.9. The van der Waals surface area contributed by atoms with Crippen LogP contribution in [0, 0.1) is 13.8 Å². The minimum Gasteiger partial charge on any atom is -0.493 e. The molecule has 0 bridgehead atoms. The van der Waals surface area contributed by atoms with Gasteiger partial charge in [-0.1, -0.05) is 48.9 Å². The standard InChI is InChI=1S/C26H27NO3/c1-5-21(18-29-25-12-7-6-11-24(25)28-4)26(27-22-15-13-19(2)14-16-22)30-23-10-8-9-20(3)17-23/h6-18H,5H2,1-4H3. The van der Waals surface area contributed by atoms with Crippen molar-refractivity contribution in [3.8, 4) is 17.2 Å². The molecule has 0 N–H and O–H groups in total. The predicted molar refractivity (Wildman–Crippen MR) is 122 cm³/mol. The summed E-state index contributed by atoms with van der Waals surface area (Å²) >= 11 is 0. The Hall–Kier alpha value is -3.53. The molecule has 3 aromatic carbocycles. The molecule has 0 atom stereocenters. The molecule has 0 saturated carbocycles. The van der Waals surface area contributed by atoms with Crippen LogP contribution < -0.4 is 14.2 Å². The van der Waals surface area contributed by atoms with Crippen molar-refractivity contribution >= 4 is 11.6 Å². The highest BCUT2D eigenvalue weighted by Crippen LogP contribution is 2.27. The molecular weight excluding hydrogens is 374 g/mol.